The standard InChI is InChI=1S/C14H19N3O3S.ClH/c18-14-2-1-9-17(14)12-3-5-13(6-4-12)21(19,20)16-10-7-15-8-11-16;/h3-6,15H,1-2,7-11H2;1H. The monoisotopic (exact) mass is 345 g/mol. The molecule has 2 aliphatic heterocycles. The van der Waals surface area contributed by atoms with Crippen molar-refractivity contribution in [3.8, 4) is 0 Å². The van der Waals surface area contributed by atoms with Crippen LogP contribution >= 0.6 is 12.4 Å². The van der Waals surface area contributed by atoms with Crippen LogP contribution in [-0.4, -0.2) is 51.4 Å². The Bertz CT molecular complexity index is 627. The van der Waals surface area contributed by atoms with Crippen molar-refractivity contribution < 1.29 is 13.2 Å². The van der Waals surface area contributed by atoms with E-state index in [9.17, 15) is 13.2 Å². The van der Waals surface area contributed by atoms with Gasteiger partial charge in [0.2, 0.25) is 15.9 Å². The van der Waals surface area contributed by atoms with Crippen molar-refractivity contribution in [2.24, 2.45) is 0 Å². The summed E-state index contributed by atoms with van der Waals surface area (Å²) in [6, 6.07) is 6.63. The van der Waals surface area contributed by atoms with E-state index in [1.54, 1.807) is 29.2 Å². The fourth-order valence-corrected chi connectivity index (χ4v) is 4.19. The zero-order chi connectivity index (χ0) is 14.9. The van der Waals surface area contributed by atoms with Crippen molar-refractivity contribution in [1.29, 1.82) is 0 Å². The lowest BCUT2D eigenvalue weighted by Gasteiger charge is -2.26. The second-order valence-electron chi connectivity index (χ2n) is 5.30. The van der Waals surface area contributed by atoms with Gasteiger partial charge in [-0.25, -0.2) is 8.42 Å². The number of rotatable bonds is 3. The van der Waals surface area contributed by atoms with Gasteiger partial charge in [0.25, 0.3) is 0 Å². The quantitative estimate of drug-likeness (QED) is 0.881. The van der Waals surface area contributed by atoms with Crippen LogP contribution in [0.1, 0.15) is 12.8 Å². The molecular weight excluding hydrogens is 326 g/mol. The van der Waals surface area contributed by atoms with Crippen molar-refractivity contribution in [3.05, 3.63) is 24.3 Å². The minimum absolute atomic E-state index is 0. The third kappa shape index (κ3) is 3.27. The molecule has 0 spiro atoms. The number of benzene rings is 1. The second-order valence-corrected chi connectivity index (χ2v) is 7.23. The van der Waals surface area contributed by atoms with Crippen LogP contribution in [0.4, 0.5) is 5.69 Å². The minimum Gasteiger partial charge on any atom is -0.314 e. The van der Waals surface area contributed by atoms with Gasteiger partial charge in [0, 0.05) is 44.8 Å². The molecule has 3 rings (SSSR count). The predicted molar refractivity (Wildman–Crippen MR) is 86.9 cm³/mol. The molecule has 6 nitrogen and oxygen atoms in total. The Balaban J connectivity index is 0.00000176. The van der Waals surface area contributed by atoms with Gasteiger partial charge in [-0.3, -0.25) is 4.79 Å². The number of carbonyl (C=O) groups excluding carboxylic acids is 1. The normalized spacial score (nSPS) is 20.0. The Morgan fingerprint density at radius 1 is 1.00 bits per heavy atom. The molecule has 0 aromatic heterocycles. The zero-order valence-corrected chi connectivity index (χ0v) is 13.8. The molecule has 22 heavy (non-hydrogen) atoms. The van der Waals surface area contributed by atoms with E-state index in [1.807, 2.05) is 0 Å². The average Bonchev–Trinajstić information content (AvgIpc) is 2.94. The highest BCUT2D eigenvalue weighted by Crippen LogP contribution is 2.24. The summed E-state index contributed by atoms with van der Waals surface area (Å²) < 4.78 is 26.5. The number of piperazine rings is 1. The summed E-state index contributed by atoms with van der Waals surface area (Å²) >= 11 is 0. The summed E-state index contributed by atoms with van der Waals surface area (Å²) in [6.45, 7) is 3.06. The number of halogens is 1. The molecule has 2 aliphatic rings. The predicted octanol–water partition coefficient (Wildman–Crippen LogP) is 0.829. The summed E-state index contributed by atoms with van der Waals surface area (Å²) in [5.41, 5.74) is 0.775. The van der Waals surface area contributed by atoms with Crippen LogP contribution in [0.25, 0.3) is 0 Å². The van der Waals surface area contributed by atoms with Crippen LogP contribution in [-0.2, 0) is 14.8 Å². The van der Waals surface area contributed by atoms with E-state index >= 15 is 0 Å². The van der Waals surface area contributed by atoms with Gasteiger partial charge in [0.1, 0.15) is 0 Å². The molecule has 0 saturated carbocycles. The molecule has 2 fully saturated rings. The van der Waals surface area contributed by atoms with Crippen molar-refractivity contribution in [1.82, 2.24) is 9.62 Å². The van der Waals surface area contributed by atoms with Gasteiger partial charge in [0.15, 0.2) is 0 Å². The first-order valence-electron chi connectivity index (χ1n) is 7.20. The Labute approximate surface area is 136 Å². The van der Waals surface area contributed by atoms with Crippen molar-refractivity contribution >= 4 is 34.0 Å². The Hall–Kier alpha value is -1.15. The summed E-state index contributed by atoms with van der Waals surface area (Å²) in [6.07, 6.45) is 1.43. The van der Waals surface area contributed by atoms with Crippen molar-refractivity contribution in [2.45, 2.75) is 17.7 Å². The highest BCUT2D eigenvalue weighted by Gasteiger charge is 2.26. The maximum Gasteiger partial charge on any atom is 0.243 e. The largest absolute Gasteiger partial charge is 0.314 e. The lowest BCUT2D eigenvalue weighted by atomic mass is 10.3. The minimum atomic E-state index is -3.43. The van der Waals surface area contributed by atoms with E-state index in [4.69, 9.17) is 0 Å². The molecule has 122 valence electrons. The van der Waals surface area contributed by atoms with Gasteiger partial charge in [0.05, 0.1) is 4.90 Å². The molecule has 1 N–H and O–H groups in total. The molecule has 0 atom stereocenters. The lowest BCUT2D eigenvalue weighted by Crippen LogP contribution is -2.46. The number of carbonyl (C=O) groups is 1. The van der Waals surface area contributed by atoms with Gasteiger partial charge in [-0.15, -0.1) is 12.4 Å². The molecule has 0 unspecified atom stereocenters. The van der Waals surface area contributed by atoms with Crippen LogP contribution < -0.4 is 10.2 Å². The number of hydrogen-bond donors (Lipinski definition) is 1. The number of sulfonamides is 1. The summed E-state index contributed by atoms with van der Waals surface area (Å²) in [5, 5.41) is 3.14. The number of hydrogen-bond acceptors (Lipinski definition) is 4. The molecule has 0 radical (unpaired) electrons. The molecule has 1 aromatic rings. The summed E-state index contributed by atoms with van der Waals surface area (Å²) in [7, 11) is -3.43. The molecule has 1 amide bonds. The highest BCUT2D eigenvalue weighted by molar-refractivity contribution is 7.89. The number of nitrogens with one attached hydrogen (secondary N) is 1. The van der Waals surface area contributed by atoms with Crippen LogP contribution in [0.5, 0.6) is 0 Å². The highest BCUT2D eigenvalue weighted by atomic mass is 35.5. The van der Waals surface area contributed by atoms with E-state index < -0.39 is 10.0 Å². The first-order chi connectivity index (χ1) is 10.1. The maximum atomic E-state index is 12.5. The Morgan fingerprint density at radius 3 is 2.18 bits per heavy atom. The van der Waals surface area contributed by atoms with Crippen LogP contribution in [0.2, 0.25) is 0 Å². The van der Waals surface area contributed by atoms with Gasteiger partial charge in [-0.1, -0.05) is 0 Å². The van der Waals surface area contributed by atoms with E-state index in [2.05, 4.69) is 5.32 Å². The Kier molecular flexibility index (Phi) is 5.44. The molecule has 2 heterocycles. The average molecular weight is 346 g/mol. The summed E-state index contributed by atoms with van der Waals surface area (Å²) in [4.78, 5) is 13.7. The SMILES string of the molecule is Cl.O=C1CCCN1c1ccc(S(=O)(=O)N2CCNCC2)cc1. The Morgan fingerprint density at radius 2 is 1.64 bits per heavy atom. The van der Waals surface area contributed by atoms with E-state index in [0.717, 1.165) is 12.1 Å². The fraction of sp³-hybridized carbons (Fsp3) is 0.500. The lowest BCUT2D eigenvalue weighted by molar-refractivity contribution is -0.117. The van der Waals surface area contributed by atoms with Gasteiger partial charge >= 0.3 is 0 Å². The smallest absolute Gasteiger partial charge is 0.243 e. The zero-order valence-electron chi connectivity index (χ0n) is 12.2. The fourth-order valence-electron chi connectivity index (χ4n) is 2.75. The first-order valence-corrected chi connectivity index (χ1v) is 8.64. The molecule has 1 aromatic carbocycles. The van der Waals surface area contributed by atoms with Gasteiger partial charge in [-0.2, -0.15) is 4.31 Å². The van der Waals surface area contributed by atoms with Gasteiger partial charge < -0.3 is 10.2 Å². The van der Waals surface area contributed by atoms with E-state index in [0.29, 0.717) is 44.0 Å². The first kappa shape index (κ1) is 17.2. The molecule has 0 aliphatic carbocycles. The van der Waals surface area contributed by atoms with Crippen LogP contribution in [0.3, 0.4) is 0 Å². The molecule has 0 bridgehead atoms. The summed E-state index contributed by atoms with van der Waals surface area (Å²) in [5.74, 6) is 0.104. The topological polar surface area (TPSA) is 69.7 Å². The van der Waals surface area contributed by atoms with Crippen LogP contribution in [0.15, 0.2) is 29.2 Å². The third-order valence-corrected chi connectivity index (χ3v) is 5.85. The molecule has 8 heteroatoms. The van der Waals surface area contributed by atoms with Crippen molar-refractivity contribution in [3.63, 3.8) is 0 Å². The van der Waals surface area contributed by atoms with Crippen LogP contribution in [0, 0.1) is 0 Å². The van der Waals surface area contributed by atoms with Crippen molar-refractivity contribution in [2.75, 3.05) is 37.6 Å². The third-order valence-electron chi connectivity index (χ3n) is 3.94. The van der Waals surface area contributed by atoms with E-state index in [1.165, 1.54) is 4.31 Å². The molecule has 2 saturated heterocycles. The van der Waals surface area contributed by atoms with E-state index in [-0.39, 0.29) is 18.3 Å². The number of nitrogens with zero attached hydrogens (tertiary/aromatic N) is 2. The van der Waals surface area contributed by atoms with Gasteiger partial charge in [-0.05, 0) is 30.7 Å². The maximum absolute atomic E-state index is 12.5. The number of amides is 1. The second kappa shape index (κ2) is 6.95. The number of anilines is 1. The molecular formula is C14H20ClN3O3S.